The van der Waals surface area contributed by atoms with Gasteiger partial charge in [-0.1, -0.05) is 25.5 Å². The van der Waals surface area contributed by atoms with Gasteiger partial charge >= 0.3 is 6.01 Å². The van der Waals surface area contributed by atoms with E-state index in [1.54, 1.807) is 6.07 Å². The second-order valence-corrected chi connectivity index (χ2v) is 5.72. The number of hydrogen-bond donors (Lipinski definition) is 2. The van der Waals surface area contributed by atoms with Gasteiger partial charge in [-0.2, -0.15) is 4.98 Å². The number of nitrogens with zero attached hydrogens (tertiary/aromatic N) is 1. The molecule has 7 nitrogen and oxygen atoms in total. The third kappa shape index (κ3) is 4.38. The van der Waals surface area contributed by atoms with Gasteiger partial charge in [0.15, 0.2) is 11.5 Å². The van der Waals surface area contributed by atoms with Crippen LogP contribution in [0, 0.1) is 0 Å². The van der Waals surface area contributed by atoms with Crippen molar-refractivity contribution in [2.75, 3.05) is 10.6 Å². The first kappa shape index (κ1) is 17.5. The van der Waals surface area contributed by atoms with E-state index in [0.29, 0.717) is 5.69 Å². The number of carbonyl (C=O) groups excluding carboxylic acids is 2. The van der Waals surface area contributed by atoms with Gasteiger partial charge in [-0.05, 0) is 42.7 Å². The van der Waals surface area contributed by atoms with Crippen LogP contribution in [0.4, 0.5) is 11.7 Å². The minimum absolute atomic E-state index is 0.0646. The summed E-state index contributed by atoms with van der Waals surface area (Å²) in [5, 5.41) is 5.16. The van der Waals surface area contributed by atoms with E-state index in [1.807, 2.05) is 24.3 Å². The van der Waals surface area contributed by atoms with Gasteiger partial charge in [0.05, 0.1) is 6.26 Å². The predicted octanol–water partition coefficient (Wildman–Crippen LogP) is 4.11. The van der Waals surface area contributed by atoms with Crippen molar-refractivity contribution in [1.29, 1.82) is 0 Å². The summed E-state index contributed by atoms with van der Waals surface area (Å²) in [6.07, 6.45) is 5.87. The van der Waals surface area contributed by atoms with Crippen LogP contribution in [-0.2, 0) is 6.42 Å². The maximum atomic E-state index is 12.2. The van der Waals surface area contributed by atoms with Crippen LogP contribution in [0.15, 0.2) is 57.8 Å². The standard InChI is InChI=1S/C19H19N3O4/c1-2-3-5-13-7-9-14(10-8-13)20-17(23)15-12-26-19(21-15)22-18(24)16-6-4-11-25-16/h4,6-12H,2-3,5H2,1H3,(H,20,23)(H,21,22,24). The zero-order chi connectivity index (χ0) is 18.4. The fraction of sp³-hybridized carbons (Fsp3) is 0.211. The Balaban J connectivity index is 1.58. The molecule has 26 heavy (non-hydrogen) atoms. The lowest BCUT2D eigenvalue weighted by Gasteiger charge is -2.04. The van der Waals surface area contributed by atoms with Crippen LogP contribution >= 0.6 is 0 Å². The van der Waals surface area contributed by atoms with E-state index in [-0.39, 0.29) is 17.5 Å². The molecule has 0 spiro atoms. The monoisotopic (exact) mass is 353 g/mol. The summed E-state index contributed by atoms with van der Waals surface area (Å²) in [7, 11) is 0. The molecule has 0 radical (unpaired) electrons. The van der Waals surface area contributed by atoms with Gasteiger partial charge in [0, 0.05) is 5.69 Å². The smallest absolute Gasteiger partial charge is 0.302 e. The first-order chi connectivity index (χ1) is 12.7. The quantitative estimate of drug-likeness (QED) is 0.666. The maximum Gasteiger partial charge on any atom is 0.302 e. The molecule has 2 aromatic heterocycles. The number of nitrogens with one attached hydrogen (secondary N) is 2. The minimum Gasteiger partial charge on any atom is -0.459 e. The molecule has 3 aromatic rings. The van der Waals surface area contributed by atoms with Crippen molar-refractivity contribution in [3.8, 4) is 0 Å². The molecule has 2 N–H and O–H groups in total. The van der Waals surface area contributed by atoms with Crippen molar-refractivity contribution < 1.29 is 18.4 Å². The number of aryl methyl sites for hydroxylation is 1. The molecular formula is C19H19N3O4. The van der Waals surface area contributed by atoms with Crippen LogP contribution in [0.1, 0.15) is 46.4 Å². The molecule has 0 fully saturated rings. The first-order valence-electron chi connectivity index (χ1n) is 8.36. The highest BCUT2D eigenvalue weighted by Gasteiger charge is 2.16. The molecule has 7 heteroatoms. The van der Waals surface area contributed by atoms with Crippen molar-refractivity contribution in [1.82, 2.24) is 4.98 Å². The number of amides is 2. The molecule has 0 unspecified atom stereocenters. The summed E-state index contributed by atoms with van der Waals surface area (Å²) in [4.78, 5) is 28.0. The van der Waals surface area contributed by atoms with Gasteiger partial charge in [0.25, 0.3) is 11.8 Å². The third-order valence-corrected chi connectivity index (χ3v) is 3.73. The molecule has 0 aliphatic rings. The van der Waals surface area contributed by atoms with E-state index >= 15 is 0 Å². The lowest BCUT2D eigenvalue weighted by atomic mass is 10.1. The van der Waals surface area contributed by atoms with Crippen LogP contribution in [-0.4, -0.2) is 16.8 Å². The number of rotatable bonds is 7. The first-order valence-corrected chi connectivity index (χ1v) is 8.36. The van der Waals surface area contributed by atoms with Crippen LogP contribution in [0.25, 0.3) is 0 Å². The normalized spacial score (nSPS) is 10.5. The van der Waals surface area contributed by atoms with Gasteiger partial charge in [0.1, 0.15) is 6.26 Å². The molecule has 2 heterocycles. The van der Waals surface area contributed by atoms with Crippen LogP contribution < -0.4 is 10.6 Å². The largest absolute Gasteiger partial charge is 0.459 e. The van der Waals surface area contributed by atoms with Crippen molar-refractivity contribution in [2.45, 2.75) is 26.2 Å². The summed E-state index contributed by atoms with van der Waals surface area (Å²) in [6.45, 7) is 2.15. The zero-order valence-corrected chi connectivity index (χ0v) is 14.3. The van der Waals surface area contributed by atoms with Gasteiger partial charge in [-0.3, -0.25) is 14.9 Å². The highest BCUT2D eigenvalue weighted by atomic mass is 16.4. The number of carbonyl (C=O) groups is 2. The Morgan fingerprint density at radius 3 is 2.54 bits per heavy atom. The second kappa shape index (κ2) is 8.15. The Morgan fingerprint density at radius 1 is 1.04 bits per heavy atom. The zero-order valence-electron chi connectivity index (χ0n) is 14.3. The molecular weight excluding hydrogens is 334 g/mol. The summed E-state index contributed by atoms with van der Waals surface area (Å²) >= 11 is 0. The Kier molecular flexibility index (Phi) is 5.48. The minimum atomic E-state index is -0.508. The van der Waals surface area contributed by atoms with Gasteiger partial charge in [-0.25, -0.2) is 0 Å². The number of furan rings is 1. The average molecular weight is 353 g/mol. The summed E-state index contributed by atoms with van der Waals surface area (Å²) in [5.41, 5.74) is 1.96. The lowest BCUT2D eigenvalue weighted by molar-refractivity contribution is 0.0990. The van der Waals surface area contributed by atoms with E-state index in [9.17, 15) is 9.59 Å². The number of hydrogen-bond acceptors (Lipinski definition) is 5. The van der Waals surface area contributed by atoms with E-state index in [4.69, 9.17) is 8.83 Å². The molecule has 1 aromatic carbocycles. The van der Waals surface area contributed by atoms with Gasteiger partial charge in [0.2, 0.25) is 0 Å². The summed E-state index contributed by atoms with van der Waals surface area (Å²) < 4.78 is 10.1. The molecule has 0 saturated carbocycles. The van der Waals surface area contributed by atoms with Crippen molar-refractivity contribution >= 4 is 23.5 Å². The Labute approximate surface area is 150 Å². The van der Waals surface area contributed by atoms with Gasteiger partial charge in [-0.15, -0.1) is 0 Å². The number of aromatic nitrogens is 1. The molecule has 0 aliphatic carbocycles. The number of anilines is 2. The molecule has 2 amide bonds. The van der Waals surface area contributed by atoms with E-state index in [1.165, 1.54) is 24.2 Å². The highest BCUT2D eigenvalue weighted by Crippen LogP contribution is 2.15. The van der Waals surface area contributed by atoms with Crippen LogP contribution in [0.5, 0.6) is 0 Å². The molecule has 3 rings (SSSR count). The summed E-state index contributed by atoms with van der Waals surface area (Å²) in [5.74, 6) is -0.808. The Bertz CT molecular complexity index is 867. The number of benzene rings is 1. The van der Waals surface area contributed by atoms with Crippen LogP contribution in [0.2, 0.25) is 0 Å². The fourth-order valence-electron chi connectivity index (χ4n) is 2.33. The van der Waals surface area contributed by atoms with Crippen LogP contribution in [0.3, 0.4) is 0 Å². The third-order valence-electron chi connectivity index (χ3n) is 3.73. The van der Waals surface area contributed by atoms with E-state index in [2.05, 4.69) is 22.5 Å². The summed E-state index contributed by atoms with van der Waals surface area (Å²) in [6, 6.07) is 10.7. The Hall–Kier alpha value is -3.35. The molecule has 0 bridgehead atoms. The molecule has 0 saturated heterocycles. The van der Waals surface area contributed by atoms with E-state index in [0.717, 1.165) is 19.3 Å². The molecule has 134 valence electrons. The van der Waals surface area contributed by atoms with Crippen molar-refractivity contribution in [3.05, 3.63) is 65.9 Å². The molecule has 0 aliphatic heterocycles. The topological polar surface area (TPSA) is 97.4 Å². The molecule has 0 atom stereocenters. The van der Waals surface area contributed by atoms with Crippen molar-refractivity contribution in [2.24, 2.45) is 0 Å². The van der Waals surface area contributed by atoms with E-state index < -0.39 is 11.8 Å². The maximum absolute atomic E-state index is 12.2. The average Bonchev–Trinajstić information content (AvgIpc) is 3.33. The highest BCUT2D eigenvalue weighted by molar-refractivity contribution is 6.04. The number of oxazole rings is 1. The van der Waals surface area contributed by atoms with Crippen molar-refractivity contribution in [3.63, 3.8) is 0 Å². The SMILES string of the molecule is CCCCc1ccc(NC(=O)c2coc(NC(=O)c3ccco3)n2)cc1. The number of unbranched alkanes of at least 4 members (excludes halogenated alkanes) is 1. The Morgan fingerprint density at radius 2 is 1.85 bits per heavy atom. The lowest BCUT2D eigenvalue weighted by Crippen LogP contribution is -2.14. The second-order valence-electron chi connectivity index (χ2n) is 5.72. The fourth-order valence-corrected chi connectivity index (χ4v) is 2.33. The predicted molar refractivity (Wildman–Crippen MR) is 96.2 cm³/mol. The van der Waals surface area contributed by atoms with Gasteiger partial charge < -0.3 is 14.2 Å².